The number of nitrogens with zero attached hydrogens (tertiary/aromatic N) is 2. The molecule has 4 heterocycles. The van der Waals surface area contributed by atoms with Crippen LogP contribution in [0.5, 0.6) is 11.5 Å². The lowest BCUT2D eigenvalue weighted by molar-refractivity contribution is 0.297. The molecule has 3 aliphatic rings. The number of hydrogen-bond acceptors (Lipinski definition) is 5. The summed E-state index contributed by atoms with van der Waals surface area (Å²) in [7, 11) is 0. The minimum atomic E-state index is -0.114. The zero-order valence-corrected chi connectivity index (χ0v) is 48.2. The molecule has 0 unspecified atom stereocenters. The van der Waals surface area contributed by atoms with Gasteiger partial charge in [0.25, 0.3) is 6.71 Å². The fraction of sp³-hybridized carbons (Fsp3) is 0.250. The second-order valence-corrected chi connectivity index (χ2v) is 26.5. The molecule has 0 atom stereocenters. The molecule has 0 N–H and O–H groups in total. The van der Waals surface area contributed by atoms with Gasteiger partial charge in [-0.3, -0.25) is 0 Å². The van der Waals surface area contributed by atoms with Crippen molar-refractivity contribution in [3.8, 4) is 44.9 Å². The standard InChI is InChI=1S/C72H69BN2O2S/c1-43-34-61-66-62(35-43)75(67-44(2)36-54(37-45(67)3)72(10,11)12)68-59(30-31-63-69(68)77-33-15-32-76-63)73(66)58-29-23-48(49-22-28-57-56-16-13-14-17-64(56)78-65(57)42-49)41-60(58)74(61)55-39-50(46-18-24-52(25-19-46)70(4,5)6)38-51(40-55)47-20-26-53(27-21-47)71(7,8)9/h13-14,16-31,34-42H,15,32-33H2,1-12H3. The Bertz CT molecular complexity index is 3950. The van der Waals surface area contributed by atoms with Gasteiger partial charge in [0.15, 0.2) is 11.5 Å². The van der Waals surface area contributed by atoms with E-state index in [9.17, 15) is 0 Å². The summed E-state index contributed by atoms with van der Waals surface area (Å²) in [5.74, 6) is 1.62. The molecule has 78 heavy (non-hydrogen) atoms. The second kappa shape index (κ2) is 18.3. The Balaban J connectivity index is 1.11. The fourth-order valence-electron chi connectivity index (χ4n) is 12.6. The molecule has 0 spiro atoms. The summed E-state index contributed by atoms with van der Waals surface area (Å²) in [6, 6.07) is 63.2. The van der Waals surface area contributed by atoms with E-state index in [1.54, 1.807) is 0 Å². The molecule has 1 aromatic heterocycles. The van der Waals surface area contributed by atoms with Crippen LogP contribution in [0.2, 0.25) is 0 Å². The molecule has 0 amide bonds. The van der Waals surface area contributed by atoms with Gasteiger partial charge in [-0.25, -0.2) is 0 Å². The average molecular weight is 1040 g/mol. The third-order valence-electron chi connectivity index (χ3n) is 16.7. The second-order valence-electron chi connectivity index (χ2n) is 25.4. The summed E-state index contributed by atoms with van der Waals surface area (Å²) >= 11 is 1.88. The van der Waals surface area contributed by atoms with Gasteiger partial charge in [-0.2, -0.15) is 0 Å². The summed E-state index contributed by atoms with van der Waals surface area (Å²) in [5, 5.41) is 2.62. The molecule has 9 aromatic carbocycles. The number of fused-ring (bicyclic) bond motifs is 9. The topological polar surface area (TPSA) is 24.9 Å². The van der Waals surface area contributed by atoms with Crippen LogP contribution in [0, 0.1) is 20.8 Å². The van der Waals surface area contributed by atoms with Crippen molar-refractivity contribution in [2.24, 2.45) is 0 Å². The molecule has 10 aromatic rings. The van der Waals surface area contributed by atoms with Gasteiger partial charge in [-0.1, -0.05) is 172 Å². The molecule has 0 saturated carbocycles. The Labute approximate surface area is 466 Å². The Hall–Kier alpha value is -7.54. The van der Waals surface area contributed by atoms with Crippen molar-refractivity contribution in [1.82, 2.24) is 0 Å². The van der Waals surface area contributed by atoms with Gasteiger partial charge in [-0.15, -0.1) is 11.3 Å². The van der Waals surface area contributed by atoms with Crippen LogP contribution < -0.4 is 35.7 Å². The van der Waals surface area contributed by atoms with Gasteiger partial charge in [-0.05, 0) is 175 Å². The normalized spacial score (nSPS) is 14.1. The SMILES string of the molecule is Cc1cc2c3c(c1)N(c1c(C)cc(C(C)(C)C)cc1C)c1c(ccc4c1OCCCO4)B3c1ccc(-c3ccc4c(c3)sc3ccccc34)cc1N2c1cc(-c2ccc(C(C)(C)C)cc2)cc(-c2ccc(C(C)(C)C)cc2)c1. The van der Waals surface area contributed by atoms with E-state index in [1.165, 1.54) is 126 Å². The lowest BCUT2D eigenvalue weighted by Gasteiger charge is -2.45. The fourth-order valence-corrected chi connectivity index (χ4v) is 13.7. The van der Waals surface area contributed by atoms with E-state index in [4.69, 9.17) is 9.47 Å². The quantitative estimate of drug-likeness (QED) is 0.160. The summed E-state index contributed by atoms with van der Waals surface area (Å²) < 4.78 is 16.1. The highest BCUT2D eigenvalue weighted by Gasteiger charge is 2.46. The van der Waals surface area contributed by atoms with E-state index in [0.29, 0.717) is 13.2 Å². The van der Waals surface area contributed by atoms with Crippen molar-refractivity contribution >= 4 is 88.7 Å². The molecule has 6 heteroatoms. The van der Waals surface area contributed by atoms with Crippen LogP contribution in [0.1, 0.15) is 102 Å². The van der Waals surface area contributed by atoms with Crippen LogP contribution in [0.25, 0.3) is 53.6 Å². The zero-order chi connectivity index (χ0) is 54.2. The molecule has 0 bridgehead atoms. The minimum Gasteiger partial charge on any atom is -0.489 e. The lowest BCUT2D eigenvalue weighted by Crippen LogP contribution is -2.61. The van der Waals surface area contributed by atoms with E-state index >= 15 is 0 Å². The first-order valence-corrected chi connectivity index (χ1v) is 28.8. The van der Waals surface area contributed by atoms with Crippen molar-refractivity contribution < 1.29 is 9.47 Å². The Morgan fingerprint density at radius 2 is 0.987 bits per heavy atom. The predicted molar refractivity (Wildman–Crippen MR) is 336 cm³/mol. The highest BCUT2D eigenvalue weighted by Crippen LogP contribution is 2.53. The number of rotatable bonds is 5. The van der Waals surface area contributed by atoms with Crippen molar-refractivity contribution in [3.63, 3.8) is 0 Å². The maximum absolute atomic E-state index is 6.94. The molecular weight excluding hydrogens is 968 g/mol. The molecule has 0 fully saturated rings. The molecule has 13 rings (SSSR count). The molecule has 0 aliphatic carbocycles. The van der Waals surface area contributed by atoms with Crippen molar-refractivity contribution in [2.75, 3.05) is 23.0 Å². The molecule has 0 saturated heterocycles. The lowest BCUT2D eigenvalue weighted by atomic mass is 9.33. The van der Waals surface area contributed by atoms with Crippen LogP contribution in [0.3, 0.4) is 0 Å². The number of thiophene rings is 1. The van der Waals surface area contributed by atoms with Crippen LogP contribution in [-0.4, -0.2) is 19.9 Å². The number of anilines is 6. The zero-order valence-electron chi connectivity index (χ0n) is 47.4. The minimum absolute atomic E-state index is 0.0151. The van der Waals surface area contributed by atoms with Gasteiger partial charge >= 0.3 is 0 Å². The first-order chi connectivity index (χ1) is 37.3. The maximum atomic E-state index is 6.94. The van der Waals surface area contributed by atoms with E-state index in [1.807, 2.05) is 11.3 Å². The molecule has 388 valence electrons. The average Bonchev–Trinajstić information content (AvgIpc) is 3.72. The predicted octanol–water partition coefficient (Wildman–Crippen LogP) is 18.1. The third kappa shape index (κ3) is 8.41. The van der Waals surface area contributed by atoms with Crippen LogP contribution in [-0.2, 0) is 16.2 Å². The molecular formula is C72H69BN2O2S. The van der Waals surface area contributed by atoms with Crippen LogP contribution >= 0.6 is 11.3 Å². The summed E-state index contributed by atoms with van der Waals surface area (Å²) in [4.78, 5) is 5.16. The van der Waals surface area contributed by atoms with Gasteiger partial charge in [0.2, 0.25) is 0 Å². The first-order valence-electron chi connectivity index (χ1n) is 28.0. The van der Waals surface area contributed by atoms with Gasteiger partial charge < -0.3 is 19.3 Å². The third-order valence-corrected chi connectivity index (χ3v) is 17.9. The number of hydrogen-bond donors (Lipinski definition) is 0. The maximum Gasteiger partial charge on any atom is 0.252 e. The van der Waals surface area contributed by atoms with E-state index in [2.05, 4.69) is 257 Å². The van der Waals surface area contributed by atoms with Gasteiger partial charge in [0.1, 0.15) is 0 Å². The molecule has 3 aliphatic heterocycles. The molecule has 0 radical (unpaired) electrons. The highest BCUT2D eigenvalue weighted by atomic mass is 32.1. The number of benzene rings is 9. The smallest absolute Gasteiger partial charge is 0.252 e. The highest BCUT2D eigenvalue weighted by molar-refractivity contribution is 7.25. The summed E-state index contributed by atoms with van der Waals surface area (Å²) in [6.45, 7) is 28.6. The van der Waals surface area contributed by atoms with Gasteiger partial charge in [0.05, 0.1) is 24.6 Å². The van der Waals surface area contributed by atoms with E-state index in [0.717, 1.165) is 29.3 Å². The Kier molecular flexibility index (Phi) is 11.7. The summed E-state index contributed by atoms with van der Waals surface area (Å²) in [5.41, 5.74) is 25.4. The first kappa shape index (κ1) is 50.0. The Morgan fingerprint density at radius 3 is 1.63 bits per heavy atom. The number of aryl methyl sites for hydroxylation is 3. The van der Waals surface area contributed by atoms with Crippen molar-refractivity contribution in [3.05, 3.63) is 197 Å². The molecule has 4 nitrogen and oxygen atoms in total. The van der Waals surface area contributed by atoms with Crippen LogP contribution in [0.15, 0.2) is 164 Å². The monoisotopic (exact) mass is 1040 g/mol. The van der Waals surface area contributed by atoms with Gasteiger partial charge in [0, 0.05) is 49.3 Å². The van der Waals surface area contributed by atoms with E-state index < -0.39 is 0 Å². The number of ether oxygens (including phenoxy) is 2. The van der Waals surface area contributed by atoms with Crippen LogP contribution in [0.4, 0.5) is 34.1 Å². The van der Waals surface area contributed by atoms with Crippen molar-refractivity contribution in [1.29, 1.82) is 0 Å². The van der Waals surface area contributed by atoms with E-state index in [-0.39, 0.29) is 23.0 Å². The Morgan fingerprint density at radius 1 is 0.436 bits per heavy atom. The van der Waals surface area contributed by atoms with Crippen molar-refractivity contribution in [2.45, 2.75) is 106 Å². The summed E-state index contributed by atoms with van der Waals surface area (Å²) in [6.07, 6.45) is 0.821. The largest absolute Gasteiger partial charge is 0.489 e.